The van der Waals surface area contributed by atoms with Crippen molar-refractivity contribution in [2.24, 2.45) is 0 Å². The van der Waals surface area contributed by atoms with Crippen LogP contribution in [0.2, 0.25) is 5.02 Å². The monoisotopic (exact) mass is 354 g/mol. The van der Waals surface area contributed by atoms with Gasteiger partial charge in [-0.1, -0.05) is 23.7 Å². The molecule has 0 saturated heterocycles. The zero-order chi connectivity index (χ0) is 18.5. The minimum Gasteiger partial charge on any atom is -0.444 e. The average Bonchev–Trinajstić information content (AvgIpc) is 2.38. The fourth-order valence-electron chi connectivity index (χ4n) is 2.15. The van der Waals surface area contributed by atoms with Crippen molar-refractivity contribution < 1.29 is 14.3 Å². The molecule has 0 saturated carbocycles. The van der Waals surface area contributed by atoms with E-state index in [1.807, 2.05) is 38.1 Å². The smallest absolute Gasteiger partial charge is 0.408 e. The van der Waals surface area contributed by atoms with Crippen LogP contribution in [0.4, 0.5) is 4.79 Å². The lowest BCUT2D eigenvalue weighted by molar-refractivity contribution is -0.124. The predicted octanol–water partition coefficient (Wildman–Crippen LogP) is 3.69. The van der Waals surface area contributed by atoms with Crippen molar-refractivity contribution in [2.75, 3.05) is 0 Å². The molecule has 0 fully saturated rings. The van der Waals surface area contributed by atoms with Crippen molar-refractivity contribution >= 4 is 23.6 Å². The van der Waals surface area contributed by atoms with Crippen LogP contribution in [0.5, 0.6) is 0 Å². The Labute approximate surface area is 149 Å². The molecule has 5 nitrogen and oxygen atoms in total. The van der Waals surface area contributed by atoms with E-state index in [4.69, 9.17) is 16.3 Å². The molecule has 1 aromatic carbocycles. The van der Waals surface area contributed by atoms with Crippen LogP contribution in [0.15, 0.2) is 24.3 Å². The van der Waals surface area contributed by atoms with Gasteiger partial charge >= 0.3 is 6.09 Å². The number of hydrogen-bond acceptors (Lipinski definition) is 3. The molecule has 0 aliphatic rings. The van der Waals surface area contributed by atoms with Gasteiger partial charge in [-0.25, -0.2) is 4.79 Å². The van der Waals surface area contributed by atoms with Gasteiger partial charge in [-0.05, 0) is 65.7 Å². The van der Waals surface area contributed by atoms with Crippen LogP contribution in [0.3, 0.4) is 0 Å². The summed E-state index contributed by atoms with van der Waals surface area (Å²) in [5, 5.41) is 6.16. The van der Waals surface area contributed by atoms with Crippen molar-refractivity contribution in [1.29, 1.82) is 0 Å². The lowest BCUT2D eigenvalue weighted by atomic mass is 9.94. The van der Waals surface area contributed by atoms with Gasteiger partial charge in [0.05, 0.1) is 0 Å². The molecule has 1 rings (SSSR count). The molecule has 0 bridgehead atoms. The minimum atomic E-state index is -0.690. The fraction of sp³-hybridized carbons (Fsp3) is 0.556. The molecule has 1 unspecified atom stereocenters. The Morgan fingerprint density at radius 2 is 1.67 bits per heavy atom. The first-order valence-corrected chi connectivity index (χ1v) is 8.32. The van der Waals surface area contributed by atoms with E-state index in [1.165, 1.54) is 0 Å². The zero-order valence-electron chi connectivity index (χ0n) is 15.2. The Morgan fingerprint density at radius 1 is 1.12 bits per heavy atom. The third-order valence-corrected chi connectivity index (χ3v) is 3.40. The standard InChI is InChI=1S/C18H27ClN2O3/c1-12(20-16(23)24-17(2,3)4)15(22)21-18(5,6)11-13-7-9-14(19)10-8-13/h7-10,12H,11H2,1-6H3,(H,20,23)(H,21,22). The van der Waals surface area contributed by atoms with Crippen LogP contribution in [-0.4, -0.2) is 29.2 Å². The second-order valence-electron chi connectivity index (χ2n) is 7.54. The number of nitrogens with one attached hydrogen (secondary N) is 2. The number of halogens is 1. The molecule has 1 atom stereocenters. The SMILES string of the molecule is CC(NC(=O)OC(C)(C)C)C(=O)NC(C)(C)Cc1ccc(Cl)cc1. The normalized spacial score (nSPS) is 13.1. The molecule has 1 aromatic rings. The summed E-state index contributed by atoms with van der Waals surface area (Å²) in [7, 11) is 0. The maximum Gasteiger partial charge on any atom is 0.408 e. The van der Waals surface area contributed by atoms with Gasteiger partial charge in [0.1, 0.15) is 11.6 Å². The lowest BCUT2D eigenvalue weighted by Crippen LogP contribution is -2.53. The molecule has 0 radical (unpaired) electrons. The summed E-state index contributed by atoms with van der Waals surface area (Å²) < 4.78 is 5.15. The van der Waals surface area contributed by atoms with Gasteiger partial charge in [-0.15, -0.1) is 0 Å². The Balaban J connectivity index is 2.57. The van der Waals surface area contributed by atoms with E-state index in [0.717, 1.165) is 5.56 Å². The van der Waals surface area contributed by atoms with Gasteiger partial charge in [0.25, 0.3) is 0 Å². The van der Waals surface area contributed by atoms with Crippen LogP contribution in [0.25, 0.3) is 0 Å². The van der Waals surface area contributed by atoms with Crippen LogP contribution >= 0.6 is 11.6 Å². The van der Waals surface area contributed by atoms with Crippen molar-refractivity contribution in [3.05, 3.63) is 34.9 Å². The minimum absolute atomic E-state index is 0.264. The Bertz CT molecular complexity index is 577. The fourth-order valence-corrected chi connectivity index (χ4v) is 2.27. The van der Waals surface area contributed by atoms with Crippen molar-refractivity contribution in [3.8, 4) is 0 Å². The number of amides is 2. The van der Waals surface area contributed by atoms with Crippen molar-refractivity contribution in [1.82, 2.24) is 10.6 Å². The van der Waals surface area contributed by atoms with Crippen LogP contribution in [-0.2, 0) is 16.0 Å². The van der Waals surface area contributed by atoms with E-state index in [9.17, 15) is 9.59 Å². The maximum atomic E-state index is 12.3. The predicted molar refractivity (Wildman–Crippen MR) is 96.2 cm³/mol. The topological polar surface area (TPSA) is 67.4 Å². The average molecular weight is 355 g/mol. The second kappa shape index (κ2) is 7.88. The molecule has 2 amide bonds. The summed E-state index contributed by atoms with van der Waals surface area (Å²) in [5.41, 5.74) is 0.000538. The first-order valence-electron chi connectivity index (χ1n) is 7.94. The number of carbonyl (C=O) groups excluding carboxylic acids is 2. The summed E-state index contributed by atoms with van der Waals surface area (Å²) >= 11 is 5.88. The van der Waals surface area contributed by atoms with Gasteiger partial charge in [0.15, 0.2) is 0 Å². The zero-order valence-corrected chi connectivity index (χ0v) is 16.0. The van der Waals surface area contributed by atoms with Gasteiger partial charge in [-0.2, -0.15) is 0 Å². The number of benzene rings is 1. The first kappa shape index (κ1) is 20.3. The van der Waals surface area contributed by atoms with Crippen LogP contribution < -0.4 is 10.6 Å². The molecule has 134 valence electrons. The van der Waals surface area contributed by atoms with E-state index in [1.54, 1.807) is 27.7 Å². The third kappa shape index (κ3) is 7.68. The number of ether oxygens (including phenoxy) is 1. The molecular weight excluding hydrogens is 328 g/mol. The van der Waals surface area contributed by atoms with E-state index in [2.05, 4.69) is 10.6 Å². The molecule has 0 aliphatic carbocycles. The summed E-state index contributed by atoms with van der Waals surface area (Å²) in [4.78, 5) is 24.0. The van der Waals surface area contributed by atoms with Crippen molar-refractivity contribution in [2.45, 2.75) is 65.1 Å². The largest absolute Gasteiger partial charge is 0.444 e. The maximum absolute atomic E-state index is 12.3. The quantitative estimate of drug-likeness (QED) is 0.847. The highest BCUT2D eigenvalue weighted by Gasteiger charge is 2.26. The highest BCUT2D eigenvalue weighted by molar-refractivity contribution is 6.30. The van der Waals surface area contributed by atoms with Crippen LogP contribution in [0, 0.1) is 0 Å². The first-order chi connectivity index (χ1) is 10.9. The molecular formula is C18H27ClN2O3. The van der Waals surface area contributed by atoms with Crippen molar-refractivity contribution in [3.63, 3.8) is 0 Å². The molecule has 0 aliphatic heterocycles. The van der Waals surface area contributed by atoms with Gasteiger partial charge < -0.3 is 15.4 Å². The Kier molecular flexibility index (Phi) is 6.67. The number of rotatable bonds is 5. The summed E-state index contributed by atoms with van der Waals surface area (Å²) in [6, 6.07) is 6.81. The highest BCUT2D eigenvalue weighted by atomic mass is 35.5. The number of alkyl carbamates (subject to hydrolysis) is 1. The Hall–Kier alpha value is -1.75. The third-order valence-electron chi connectivity index (χ3n) is 3.15. The number of carbonyl (C=O) groups is 2. The second-order valence-corrected chi connectivity index (χ2v) is 7.98. The number of hydrogen-bond donors (Lipinski definition) is 2. The summed E-state index contributed by atoms with van der Waals surface area (Å²) in [6.07, 6.45) is 0.0374. The molecule has 0 spiro atoms. The Morgan fingerprint density at radius 3 is 2.17 bits per heavy atom. The van der Waals surface area contributed by atoms with Gasteiger partial charge in [0.2, 0.25) is 5.91 Å². The van der Waals surface area contributed by atoms with E-state index in [0.29, 0.717) is 11.4 Å². The van der Waals surface area contributed by atoms with Gasteiger partial charge in [0, 0.05) is 10.6 Å². The van der Waals surface area contributed by atoms with E-state index >= 15 is 0 Å². The summed E-state index contributed by atoms with van der Waals surface area (Å²) in [6.45, 7) is 10.8. The van der Waals surface area contributed by atoms with E-state index < -0.39 is 23.3 Å². The highest BCUT2D eigenvalue weighted by Crippen LogP contribution is 2.16. The van der Waals surface area contributed by atoms with E-state index in [-0.39, 0.29) is 5.91 Å². The molecule has 24 heavy (non-hydrogen) atoms. The molecule has 2 N–H and O–H groups in total. The molecule has 0 aromatic heterocycles. The molecule has 6 heteroatoms. The van der Waals surface area contributed by atoms with Crippen LogP contribution in [0.1, 0.15) is 47.1 Å². The summed E-state index contributed by atoms with van der Waals surface area (Å²) in [5.74, 6) is -0.264. The lowest BCUT2D eigenvalue weighted by Gasteiger charge is -2.29. The molecule has 0 heterocycles. The van der Waals surface area contributed by atoms with Gasteiger partial charge in [-0.3, -0.25) is 4.79 Å².